The van der Waals surface area contributed by atoms with Gasteiger partial charge in [0, 0.05) is 23.8 Å². The molecule has 1 fully saturated rings. The molecule has 1 saturated heterocycles. The topological polar surface area (TPSA) is 78.9 Å². The summed E-state index contributed by atoms with van der Waals surface area (Å²) in [6.07, 6.45) is 0.448. The molecule has 0 radical (unpaired) electrons. The van der Waals surface area contributed by atoms with E-state index < -0.39 is 11.4 Å². The Kier molecular flexibility index (Phi) is 5.04. The number of nitrogens with one attached hydrogen (secondary N) is 1. The molecule has 2 aromatic carbocycles. The first kappa shape index (κ1) is 18.1. The molecule has 1 unspecified atom stereocenters. The highest BCUT2D eigenvalue weighted by molar-refractivity contribution is 6.30. The van der Waals surface area contributed by atoms with Crippen LogP contribution in [0.25, 0.3) is 0 Å². The number of rotatable bonds is 4. The summed E-state index contributed by atoms with van der Waals surface area (Å²) >= 11 is 5.84. The molecule has 0 saturated carbocycles. The molecule has 0 spiro atoms. The number of halogens is 1. The second-order valence-corrected chi connectivity index (χ2v) is 6.98. The fourth-order valence-corrected chi connectivity index (χ4v) is 2.88. The molecule has 2 N–H and O–H groups in total. The number of hydrogen-bond donors (Lipinski definition) is 2. The highest BCUT2D eigenvalue weighted by Gasteiger charge is 2.42. The van der Waals surface area contributed by atoms with Crippen LogP contribution in [0.1, 0.15) is 13.3 Å². The van der Waals surface area contributed by atoms with Crippen LogP contribution >= 0.6 is 11.6 Å². The molecule has 1 atom stereocenters. The number of carbonyl (C=O) groups is 2. The lowest BCUT2D eigenvalue weighted by molar-refractivity contribution is -0.146. The molecule has 136 valence electrons. The van der Waals surface area contributed by atoms with Crippen LogP contribution in [0.15, 0.2) is 48.5 Å². The number of aliphatic carboxylic acids is 1. The number of carbonyl (C=O) groups excluding carboxylic acids is 1. The minimum absolute atomic E-state index is 0.200. The largest absolute Gasteiger partial charge is 0.481 e. The van der Waals surface area contributed by atoms with E-state index in [2.05, 4.69) is 5.32 Å². The van der Waals surface area contributed by atoms with Gasteiger partial charge in [-0.05, 0) is 61.9 Å². The average Bonchev–Trinajstić information content (AvgIpc) is 3.03. The smallest absolute Gasteiger partial charge is 0.321 e. The van der Waals surface area contributed by atoms with Crippen LogP contribution in [0.4, 0.5) is 10.5 Å². The molecule has 1 aliphatic rings. The highest BCUT2D eigenvalue weighted by atomic mass is 35.5. The van der Waals surface area contributed by atoms with Gasteiger partial charge in [-0.25, -0.2) is 4.79 Å². The van der Waals surface area contributed by atoms with E-state index in [0.717, 1.165) is 0 Å². The van der Waals surface area contributed by atoms with E-state index in [1.54, 1.807) is 55.5 Å². The zero-order valence-electron chi connectivity index (χ0n) is 14.2. The standard InChI is InChI=1S/C19H19ClN2O4/c1-19(17(23)24)10-11-22(12-19)18(25)21-14-4-8-16(9-5-14)26-15-6-2-13(20)3-7-15/h2-9H,10-12H2,1H3,(H,21,25)(H,23,24). The van der Waals surface area contributed by atoms with Gasteiger partial charge in [0.05, 0.1) is 5.41 Å². The van der Waals surface area contributed by atoms with Gasteiger partial charge in [-0.15, -0.1) is 0 Å². The number of benzene rings is 2. The van der Waals surface area contributed by atoms with Crippen molar-refractivity contribution in [3.8, 4) is 11.5 Å². The predicted octanol–water partition coefficient (Wildman–Crippen LogP) is 4.46. The third-order valence-electron chi connectivity index (χ3n) is 4.43. The fraction of sp³-hybridized carbons (Fsp3) is 0.263. The van der Waals surface area contributed by atoms with Crippen molar-refractivity contribution in [1.29, 1.82) is 0 Å². The van der Waals surface area contributed by atoms with Gasteiger partial charge in [0.25, 0.3) is 0 Å². The number of carboxylic acid groups (broad SMARTS) is 1. The maximum atomic E-state index is 12.3. The Balaban J connectivity index is 1.58. The van der Waals surface area contributed by atoms with Crippen LogP contribution in [0.5, 0.6) is 11.5 Å². The highest BCUT2D eigenvalue weighted by Crippen LogP contribution is 2.30. The summed E-state index contributed by atoms with van der Waals surface area (Å²) < 4.78 is 5.70. The Morgan fingerprint density at radius 1 is 1.12 bits per heavy atom. The van der Waals surface area contributed by atoms with Crippen molar-refractivity contribution in [3.05, 3.63) is 53.6 Å². The van der Waals surface area contributed by atoms with Gasteiger partial charge < -0.3 is 20.1 Å². The third kappa shape index (κ3) is 4.08. The minimum Gasteiger partial charge on any atom is -0.481 e. The Bertz CT molecular complexity index is 807. The van der Waals surface area contributed by atoms with E-state index in [0.29, 0.717) is 35.2 Å². The van der Waals surface area contributed by atoms with E-state index in [1.165, 1.54) is 4.90 Å². The Hall–Kier alpha value is -2.73. The van der Waals surface area contributed by atoms with Crippen molar-refractivity contribution < 1.29 is 19.4 Å². The predicted molar refractivity (Wildman–Crippen MR) is 98.9 cm³/mol. The number of amides is 2. The summed E-state index contributed by atoms with van der Waals surface area (Å²) in [5, 5.41) is 12.7. The van der Waals surface area contributed by atoms with Crippen LogP contribution in [0.2, 0.25) is 5.02 Å². The molecule has 2 aromatic rings. The van der Waals surface area contributed by atoms with Crippen LogP contribution in [-0.4, -0.2) is 35.1 Å². The van der Waals surface area contributed by atoms with E-state index in [-0.39, 0.29) is 12.6 Å². The Labute approximate surface area is 156 Å². The SMILES string of the molecule is CC1(C(=O)O)CCN(C(=O)Nc2ccc(Oc3ccc(Cl)cc3)cc2)C1. The van der Waals surface area contributed by atoms with E-state index in [4.69, 9.17) is 16.3 Å². The first-order valence-electron chi connectivity index (χ1n) is 8.18. The van der Waals surface area contributed by atoms with Gasteiger partial charge in [0.2, 0.25) is 0 Å². The lowest BCUT2D eigenvalue weighted by Crippen LogP contribution is -2.37. The number of nitrogens with zero attached hydrogens (tertiary/aromatic N) is 1. The quantitative estimate of drug-likeness (QED) is 0.828. The maximum Gasteiger partial charge on any atom is 0.321 e. The summed E-state index contributed by atoms with van der Waals surface area (Å²) in [5.41, 5.74) is -0.268. The fourth-order valence-electron chi connectivity index (χ4n) is 2.76. The number of hydrogen-bond acceptors (Lipinski definition) is 3. The number of anilines is 1. The van der Waals surface area contributed by atoms with Crippen LogP contribution < -0.4 is 10.1 Å². The monoisotopic (exact) mass is 374 g/mol. The second kappa shape index (κ2) is 7.25. The van der Waals surface area contributed by atoms with Gasteiger partial charge in [-0.1, -0.05) is 11.6 Å². The minimum atomic E-state index is -0.881. The number of ether oxygens (including phenoxy) is 1. The molecular weight excluding hydrogens is 356 g/mol. The molecule has 26 heavy (non-hydrogen) atoms. The number of urea groups is 1. The zero-order valence-corrected chi connectivity index (χ0v) is 15.0. The normalized spacial score (nSPS) is 19.2. The molecule has 0 aromatic heterocycles. The zero-order chi connectivity index (χ0) is 18.7. The number of likely N-dealkylation sites (tertiary alicyclic amines) is 1. The van der Waals surface area contributed by atoms with Crippen molar-refractivity contribution in [2.24, 2.45) is 5.41 Å². The van der Waals surface area contributed by atoms with Gasteiger partial charge in [-0.3, -0.25) is 4.79 Å². The first-order chi connectivity index (χ1) is 12.4. The molecule has 2 amide bonds. The van der Waals surface area contributed by atoms with Crippen molar-refractivity contribution >= 4 is 29.3 Å². The molecule has 0 aliphatic carbocycles. The van der Waals surface area contributed by atoms with Gasteiger partial charge in [-0.2, -0.15) is 0 Å². The summed E-state index contributed by atoms with van der Waals surface area (Å²) in [6.45, 7) is 2.28. The summed E-state index contributed by atoms with van der Waals surface area (Å²) in [4.78, 5) is 25.1. The van der Waals surface area contributed by atoms with E-state index >= 15 is 0 Å². The van der Waals surface area contributed by atoms with E-state index in [1.807, 2.05) is 0 Å². The lowest BCUT2D eigenvalue weighted by atomic mass is 9.90. The van der Waals surface area contributed by atoms with Crippen LogP contribution in [0, 0.1) is 5.41 Å². The first-order valence-corrected chi connectivity index (χ1v) is 8.56. The molecule has 3 rings (SSSR count). The average molecular weight is 375 g/mol. The van der Waals surface area contributed by atoms with Gasteiger partial charge in [0.1, 0.15) is 11.5 Å². The molecule has 6 nitrogen and oxygen atoms in total. The van der Waals surface area contributed by atoms with Crippen molar-refractivity contribution in [2.75, 3.05) is 18.4 Å². The van der Waals surface area contributed by atoms with Crippen LogP contribution in [-0.2, 0) is 4.79 Å². The van der Waals surface area contributed by atoms with Crippen molar-refractivity contribution in [2.45, 2.75) is 13.3 Å². The molecule has 1 aliphatic heterocycles. The molecule has 1 heterocycles. The van der Waals surface area contributed by atoms with E-state index in [9.17, 15) is 14.7 Å². The Morgan fingerprint density at radius 3 is 2.23 bits per heavy atom. The molecular formula is C19H19ClN2O4. The molecule has 0 bridgehead atoms. The lowest BCUT2D eigenvalue weighted by Gasteiger charge is -2.20. The maximum absolute atomic E-state index is 12.3. The molecule has 7 heteroatoms. The summed E-state index contributed by atoms with van der Waals surface area (Å²) in [7, 11) is 0. The summed E-state index contributed by atoms with van der Waals surface area (Å²) in [5.74, 6) is 0.414. The summed E-state index contributed by atoms with van der Waals surface area (Å²) in [6, 6.07) is 13.7. The van der Waals surface area contributed by atoms with Crippen LogP contribution in [0.3, 0.4) is 0 Å². The van der Waals surface area contributed by atoms with Crippen molar-refractivity contribution in [1.82, 2.24) is 4.90 Å². The second-order valence-electron chi connectivity index (χ2n) is 6.55. The third-order valence-corrected chi connectivity index (χ3v) is 4.68. The van der Waals surface area contributed by atoms with Gasteiger partial charge >= 0.3 is 12.0 Å². The number of carboxylic acids is 1. The van der Waals surface area contributed by atoms with Crippen molar-refractivity contribution in [3.63, 3.8) is 0 Å². The van der Waals surface area contributed by atoms with Gasteiger partial charge in [0.15, 0.2) is 0 Å². The Morgan fingerprint density at radius 2 is 1.69 bits per heavy atom.